The van der Waals surface area contributed by atoms with Crippen molar-refractivity contribution in [1.82, 2.24) is 15.2 Å². The van der Waals surface area contributed by atoms with Gasteiger partial charge in [0.25, 0.3) is 5.91 Å². The smallest absolute Gasteiger partial charge is 0.406 e. The molecule has 2 aromatic rings. The number of benzene rings is 1. The molecule has 1 N–H and O–H groups in total. The molecule has 2 saturated heterocycles. The number of ether oxygens (including phenoxy) is 1. The highest BCUT2D eigenvalue weighted by molar-refractivity contribution is 7.15. The first-order chi connectivity index (χ1) is 14.4. The van der Waals surface area contributed by atoms with Crippen LogP contribution in [0.15, 0.2) is 24.3 Å². The number of nitrogens with zero attached hydrogens (tertiary/aromatic N) is 3. The van der Waals surface area contributed by atoms with Crippen LogP contribution in [0.1, 0.15) is 33.8 Å². The maximum atomic E-state index is 12.9. The Kier molecular flexibility index (Phi) is 4.85. The zero-order valence-corrected chi connectivity index (χ0v) is 16.9. The number of hydrogen-bond acceptors (Lipinski definition) is 6. The topological polar surface area (TPSA) is 57.7 Å². The van der Waals surface area contributed by atoms with Crippen LogP contribution in [0, 0.1) is 0 Å². The van der Waals surface area contributed by atoms with Crippen molar-refractivity contribution in [3.63, 3.8) is 0 Å². The Bertz CT molecular complexity index is 931. The largest absolute Gasteiger partial charge is 0.573 e. The van der Waals surface area contributed by atoms with Crippen LogP contribution in [0.25, 0.3) is 0 Å². The highest BCUT2D eigenvalue weighted by Gasteiger charge is 2.39. The van der Waals surface area contributed by atoms with Gasteiger partial charge in [0.2, 0.25) is 0 Å². The summed E-state index contributed by atoms with van der Waals surface area (Å²) in [5.74, 6) is -0.533. The molecule has 3 aliphatic heterocycles. The zero-order valence-electron chi connectivity index (χ0n) is 16.1. The molecule has 2 unspecified atom stereocenters. The van der Waals surface area contributed by atoms with E-state index in [4.69, 9.17) is 4.98 Å². The number of nitrogens with one attached hydrogen (secondary N) is 1. The van der Waals surface area contributed by atoms with Crippen LogP contribution >= 0.6 is 11.3 Å². The van der Waals surface area contributed by atoms with Crippen molar-refractivity contribution in [2.45, 2.75) is 44.3 Å². The lowest BCUT2D eigenvalue weighted by Gasteiger charge is -2.35. The van der Waals surface area contributed by atoms with E-state index in [-0.39, 0.29) is 11.7 Å². The van der Waals surface area contributed by atoms with Gasteiger partial charge in [-0.25, -0.2) is 4.98 Å². The molecule has 2 bridgehead atoms. The fraction of sp³-hybridized carbons (Fsp3) is 0.500. The van der Waals surface area contributed by atoms with Crippen LogP contribution in [-0.2, 0) is 13.0 Å². The van der Waals surface area contributed by atoms with Gasteiger partial charge in [-0.15, -0.1) is 13.2 Å². The maximum Gasteiger partial charge on any atom is 0.573 e. The monoisotopic (exact) mass is 438 g/mol. The molecule has 1 amide bonds. The maximum absolute atomic E-state index is 12.9. The van der Waals surface area contributed by atoms with Gasteiger partial charge in [-0.3, -0.25) is 4.79 Å². The summed E-state index contributed by atoms with van der Waals surface area (Å²) in [7, 11) is 0. The number of fused-ring (bicyclic) bond motifs is 3. The predicted molar refractivity (Wildman–Crippen MR) is 106 cm³/mol. The second-order valence-corrected chi connectivity index (χ2v) is 8.93. The summed E-state index contributed by atoms with van der Waals surface area (Å²) in [6.07, 6.45) is -1.70. The Balaban J connectivity index is 1.29. The molecule has 0 radical (unpaired) electrons. The molecule has 5 rings (SSSR count). The molecule has 30 heavy (non-hydrogen) atoms. The Hall–Kier alpha value is -2.33. The highest BCUT2D eigenvalue weighted by Crippen LogP contribution is 2.38. The van der Waals surface area contributed by atoms with E-state index in [1.807, 2.05) is 0 Å². The number of carbonyl (C=O) groups is 1. The molecule has 160 valence electrons. The third-order valence-corrected chi connectivity index (χ3v) is 7.04. The second-order valence-electron chi connectivity index (χ2n) is 7.87. The average Bonchev–Trinajstić information content (AvgIpc) is 3.23. The SMILES string of the molecule is O=C(c1ccc(OC(F)(F)F)cc1)N1CCc2nc(N3C4CCC3CNC4)sc2C1. The summed E-state index contributed by atoms with van der Waals surface area (Å²) in [6.45, 7) is 3.00. The third-order valence-electron chi connectivity index (χ3n) is 5.94. The van der Waals surface area contributed by atoms with Gasteiger partial charge >= 0.3 is 6.36 Å². The lowest BCUT2D eigenvalue weighted by Crippen LogP contribution is -2.51. The van der Waals surface area contributed by atoms with E-state index in [2.05, 4.69) is 15.0 Å². The van der Waals surface area contributed by atoms with Crippen LogP contribution in [0.5, 0.6) is 5.75 Å². The van der Waals surface area contributed by atoms with E-state index in [0.29, 0.717) is 37.2 Å². The van der Waals surface area contributed by atoms with Gasteiger partial charge in [0.05, 0.1) is 12.2 Å². The van der Waals surface area contributed by atoms with Crippen LogP contribution in [0.4, 0.5) is 18.3 Å². The number of rotatable bonds is 3. The summed E-state index contributed by atoms with van der Waals surface area (Å²) in [5.41, 5.74) is 1.41. The van der Waals surface area contributed by atoms with E-state index < -0.39 is 6.36 Å². The van der Waals surface area contributed by atoms with Crippen molar-refractivity contribution >= 4 is 22.4 Å². The number of alkyl halides is 3. The number of anilines is 1. The van der Waals surface area contributed by atoms with E-state index >= 15 is 0 Å². The van der Waals surface area contributed by atoms with Crippen LogP contribution in [0.2, 0.25) is 0 Å². The fourth-order valence-electron chi connectivity index (χ4n) is 4.54. The van der Waals surface area contributed by atoms with Gasteiger partial charge < -0.3 is 19.9 Å². The standard InChI is InChI=1S/C20H21F3N4O2S/c21-20(22,23)29-15-5-1-12(2-6-15)18(28)26-8-7-16-17(11-26)30-19(25-16)27-13-3-4-14(27)10-24-9-13/h1-2,5-6,13-14,24H,3-4,7-11H2. The average molecular weight is 438 g/mol. The van der Waals surface area contributed by atoms with E-state index in [1.165, 1.54) is 37.1 Å². The van der Waals surface area contributed by atoms with Gasteiger partial charge in [-0.2, -0.15) is 0 Å². The third kappa shape index (κ3) is 3.74. The fourth-order valence-corrected chi connectivity index (χ4v) is 5.80. The first-order valence-electron chi connectivity index (χ1n) is 10.00. The Morgan fingerprint density at radius 2 is 1.87 bits per heavy atom. The van der Waals surface area contributed by atoms with Crippen molar-refractivity contribution in [2.75, 3.05) is 24.5 Å². The van der Waals surface area contributed by atoms with Crippen LogP contribution in [0.3, 0.4) is 0 Å². The number of piperazine rings is 1. The number of aromatic nitrogens is 1. The van der Waals surface area contributed by atoms with Crippen molar-refractivity contribution in [2.24, 2.45) is 0 Å². The quantitative estimate of drug-likeness (QED) is 0.798. The molecule has 2 atom stereocenters. The normalized spacial score (nSPS) is 23.4. The molecule has 6 nitrogen and oxygen atoms in total. The van der Waals surface area contributed by atoms with Crippen LogP contribution < -0.4 is 15.0 Å². The van der Waals surface area contributed by atoms with Gasteiger partial charge in [0, 0.05) is 48.6 Å². The predicted octanol–water partition coefficient (Wildman–Crippen LogP) is 3.18. The number of halogens is 3. The molecule has 3 aliphatic rings. The van der Waals surface area contributed by atoms with Gasteiger partial charge in [0.15, 0.2) is 5.13 Å². The minimum atomic E-state index is -4.75. The van der Waals surface area contributed by atoms with Crippen molar-refractivity contribution in [1.29, 1.82) is 0 Å². The van der Waals surface area contributed by atoms with Crippen molar-refractivity contribution < 1.29 is 22.7 Å². The highest BCUT2D eigenvalue weighted by atomic mass is 32.1. The molecule has 2 fully saturated rings. The second kappa shape index (κ2) is 7.42. The molecule has 0 spiro atoms. The Morgan fingerprint density at radius 1 is 1.17 bits per heavy atom. The summed E-state index contributed by atoms with van der Waals surface area (Å²) >= 11 is 1.66. The number of amides is 1. The lowest BCUT2D eigenvalue weighted by molar-refractivity contribution is -0.274. The molecular formula is C20H21F3N4O2S. The molecule has 4 heterocycles. The number of carbonyl (C=O) groups excluding carboxylic acids is 1. The summed E-state index contributed by atoms with van der Waals surface area (Å²) in [6, 6.07) is 6.06. The molecular weight excluding hydrogens is 417 g/mol. The first kappa shape index (κ1) is 19.6. The molecule has 1 aromatic carbocycles. The molecule has 0 saturated carbocycles. The van der Waals surface area contributed by atoms with E-state index in [1.54, 1.807) is 16.2 Å². The lowest BCUT2D eigenvalue weighted by atomic mass is 10.1. The molecule has 10 heteroatoms. The number of thiazole rings is 1. The first-order valence-corrected chi connectivity index (χ1v) is 10.8. The van der Waals surface area contributed by atoms with Gasteiger partial charge in [-0.05, 0) is 37.1 Å². The summed E-state index contributed by atoms with van der Waals surface area (Å²) in [5, 5.41) is 4.53. The Morgan fingerprint density at radius 3 is 2.53 bits per heavy atom. The Labute approximate surface area is 175 Å². The number of hydrogen-bond donors (Lipinski definition) is 1. The van der Waals surface area contributed by atoms with E-state index in [0.717, 1.165) is 28.8 Å². The van der Waals surface area contributed by atoms with Crippen molar-refractivity contribution in [3.8, 4) is 5.75 Å². The zero-order chi connectivity index (χ0) is 20.9. The minimum absolute atomic E-state index is 0.198. The van der Waals surface area contributed by atoms with Gasteiger partial charge in [-0.1, -0.05) is 11.3 Å². The molecule has 0 aliphatic carbocycles. The van der Waals surface area contributed by atoms with Crippen molar-refractivity contribution in [3.05, 3.63) is 40.4 Å². The summed E-state index contributed by atoms with van der Waals surface area (Å²) in [4.78, 5) is 23.0. The van der Waals surface area contributed by atoms with Gasteiger partial charge in [0.1, 0.15) is 5.75 Å². The minimum Gasteiger partial charge on any atom is -0.406 e. The summed E-state index contributed by atoms with van der Waals surface area (Å²) < 4.78 is 40.8. The van der Waals surface area contributed by atoms with Crippen LogP contribution in [-0.4, -0.2) is 53.9 Å². The van der Waals surface area contributed by atoms with E-state index in [9.17, 15) is 18.0 Å². The molecule has 1 aromatic heterocycles.